The van der Waals surface area contributed by atoms with Crippen LogP contribution in [0.25, 0.3) is 11.3 Å². The van der Waals surface area contributed by atoms with Crippen molar-refractivity contribution in [2.75, 3.05) is 25.0 Å². The molecule has 2 N–H and O–H groups in total. The van der Waals surface area contributed by atoms with Crippen molar-refractivity contribution in [1.29, 1.82) is 0 Å². The molecule has 0 fully saturated rings. The lowest BCUT2D eigenvalue weighted by Crippen LogP contribution is -2.11. The number of hydrogen-bond donors (Lipinski definition) is 2. The number of nitrogens with zero attached hydrogens (tertiary/aromatic N) is 2. The van der Waals surface area contributed by atoms with Crippen LogP contribution >= 0.6 is 11.3 Å². The molecule has 7 nitrogen and oxygen atoms in total. The van der Waals surface area contributed by atoms with Gasteiger partial charge in [-0.1, -0.05) is 41.7 Å². The van der Waals surface area contributed by atoms with E-state index in [0.717, 1.165) is 11.1 Å². The van der Waals surface area contributed by atoms with Gasteiger partial charge in [-0.3, -0.25) is 10.2 Å². The van der Waals surface area contributed by atoms with Crippen molar-refractivity contribution in [2.45, 2.75) is 0 Å². The molecule has 0 bridgehead atoms. The molecule has 0 saturated carbocycles. The van der Waals surface area contributed by atoms with Crippen molar-refractivity contribution >= 4 is 33.6 Å². The molecular formula is C25H21FN4O3S. The maximum Gasteiger partial charge on any atom is 0.256 e. The smallest absolute Gasteiger partial charge is 0.256 e. The predicted molar refractivity (Wildman–Crippen MR) is 133 cm³/mol. The van der Waals surface area contributed by atoms with E-state index in [1.807, 2.05) is 36.4 Å². The number of carbonyl (C=O) groups is 1. The zero-order valence-electron chi connectivity index (χ0n) is 18.4. The monoisotopic (exact) mass is 476 g/mol. The molecule has 0 aliphatic heterocycles. The molecule has 0 radical (unpaired) electrons. The second-order valence-electron chi connectivity index (χ2n) is 7.01. The zero-order chi connectivity index (χ0) is 23.9. The van der Waals surface area contributed by atoms with Crippen molar-refractivity contribution in [3.8, 4) is 22.8 Å². The van der Waals surface area contributed by atoms with Crippen LogP contribution in [0, 0.1) is 5.82 Å². The highest BCUT2D eigenvalue weighted by atomic mass is 32.1. The van der Waals surface area contributed by atoms with Gasteiger partial charge in [-0.15, -0.1) is 0 Å². The number of benzene rings is 3. The van der Waals surface area contributed by atoms with Crippen molar-refractivity contribution in [1.82, 2.24) is 4.98 Å². The van der Waals surface area contributed by atoms with Crippen molar-refractivity contribution in [3.05, 3.63) is 89.7 Å². The Morgan fingerprint density at radius 3 is 2.44 bits per heavy atom. The van der Waals surface area contributed by atoms with Crippen LogP contribution in [0.2, 0.25) is 0 Å². The topological polar surface area (TPSA) is 84.8 Å². The van der Waals surface area contributed by atoms with Gasteiger partial charge < -0.3 is 14.8 Å². The van der Waals surface area contributed by atoms with Crippen LogP contribution in [-0.4, -0.2) is 31.3 Å². The summed E-state index contributed by atoms with van der Waals surface area (Å²) in [6.45, 7) is 0. The van der Waals surface area contributed by atoms with E-state index in [4.69, 9.17) is 9.47 Å². The maximum atomic E-state index is 13.2. The molecule has 1 amide bonds. The summed E-state index contributed by atoms with van der Waals surface area (Å²) in [6.07, 6.45) is 1.63. The molecule has 4 rings (SSSR count). The van der Waals surface area contributed by atoms with Gasteiger partial charge in [0.25, 0.3) is 5.91 Å². The van der Waals surface area contributed by atoms with Crippen molar-refractivity contribution in [3.63, 3.8) is 0 Å². The Kier molecular flexibility index (Phi) is 7.14. The van der Waals surface area contributed by atoms with Gasteiger partial charge in [-0.25, -0.2) is 9.37 Å². The summed E-state index contributed by atoms with van der Waals surface area (Å²) in [4.78, 5) is 17.3. The zero-order valence-corrected chi connectivity index (χ0v) is 19.2. The first-order valence-electron chi connectivity index (χ1n) is 10.2. The van der Waals surface area contributed by atoms with Crippen LogP contribution in [0.4, 0.5) is 14.5 Å². The third-order valence-corrected chi connectivity index (χ3v) is 5.66. The summed E-state index contributed by atoms with van der Waals surface area (Å²) in [5.41, 5.74) is 5.50. The Labute approximate surface area is 199 Å². The Morgan fingerprint density at radius 2 is 1.74 bits per heavy atom. The van der Waals surface area contributed by atoms with Crippen molar-refractivity contribution < 1.29 is 18.7 Å². The average molecular weight is 477 g/mol. The molecule has 0 atom stereocenters. The average Bonchev–Trinajstić information content (AvgIpc) is 3.27. The fourth-order valence-electron chi connectivity index (χ4n) is 3.12. The third kappa shape index (κ3) is 5.38. The molecular weight excluding hydrogens is 455 g/mol. The van der Waals surface area contributed by atoms with Crippen LogP contribution in [0.3, 0.4) is 0 Å². The Bertz CT molecular complexity index is 1310. The number of carbonyl (C=O) groups excluding carboxylic acids is 1. The SMILES string of the molecule is COc1ccc(/C=N/Nc2nc(-c3ccccc3)c(NC(=O)c3ccc(F)cc3)s2)cc1OC. The molecule has 0 spiro atoms. The molecule has 0 unspecified atom stereocenters. The second-order valence-corrected chi connectivity index (χ2v) is 8.01. The number of amides is 1. The van der Waals surface area contributed by atoms with Crippen LogP contribution in [0.1, 0.15) is 15.9 Å². The molecule has 4 aromatic rings. The number of ether oxygens (including phenoxy) is 2. The molecule has 0 aliphatic rings. The van der Waals surface area contributed by atoms with E-state index in [9.17, 15) is 9.18 Å². The molecule has 0 aliphatic carbocycles. The number of methoxy groups -OCH3 is 2. The third-order valence-electron chi connectivity index (χ3n) is 4.79. The van der Waals surface area contributed by atoms with E-state index in [0.29, 0.717) is 32.9 Å². The van der Waals surface area contributed by atoms with Gasteiger partial charge in [0.15, 0.2) is 11.5 Å². The number of anilines is 2. The molecule has 1 aromatic heterocycles. The molecule has 0 saturated heterocycles. The highest BCUT2D eigenvalue weighted by Gasteiger charge is 2.16. The number of nitrogens with one attached hydrogen (secondary N) is 2. The van der Waals surface area contributed by atoms with Gasteiger partial charge in [0.1, 0.15) is 16.5 Å². The van der Waals surface area contributed by atoms with Crippen LogP contribution in [0.5, 0.6) is 11.5 Å². The summed E-state index contributed by atoms with van der Waals surface area (Å²) in [7, 11) is 3.14. The lowest BCUT2D eigenvalue weighted by Gasteiger charge is -2.07. The first-order chi connectivity index (χ1) is 16.6. The summed E-state index contributed by atoms with van der Waals surface area (Å²) >= 11 is 1.24. The minimum absolute atomic E-state index is 0.342. The van der Waals surface area contributed by atoms with E-state index in [2.05, 4.69) is 20.8 Å². The number of aromatic nitrogens is 1. The molecule has 1 heterocycles. The first kappa shape index (κ1) is 22.9. The first-order valence-corrected chi connectivity index (χ1v) is 11.0. The maximum absolute atomic E-state index is 13.2. The van der Waals surface area contributed by atoms with E-state index in [1.54, 1.807) is 32.6 Å². The van der Waals surface area contributed by atoms with E-state index < -0.39 is 5.82 Å². The van der Waals surface area contributed by atoms with Crippen LogP contribution in [-0.2, 0) is 0 Å². The Morgan fingerprint density at radius 1 is 1.00 bits per heavy atom. The van der Waals surface area contributed by atoms with Crippen molar-refractivity contribution in [2.24, 2.45) is 5.10 Å². The number of rotatable bonds is 8. The molecule has 9 heteroatoms. The second kappa shape index (κ2) is 10.6. The van der Waals surface area contributed by atoms with Crippen LogP contribution < -0.4 is 20.2 Å². The summed E-state index contributed by atoms with van der Waals surface area (Å²) in [5, 5.41) is 8.17. The highest BCUT2D eigenvalue weighted by Crippen LogP contribution is 2.36. The quantitative estimate of drug-likeness (QED) is 0.253. The number of hydrazone groups is 1. The van der Waals surface area contributed by atoms with Crippen LogP contribution in [0.15, 0.2) is 77.9 Å². The number of hydrogen-bond acceptors (Lipinski definition) is 7. The largest absolute Gasteiger partial charge is 0.493 e. The van der Waals surface area contributed by atoms with Gasteiger partial charge >= 0.3 is 0 Å². The highest BCUT2D eigenvalue weighted by molar-refractivity contribution is 7.20. The predicted octanol–water partition coefficient (Wildman–Crippen LogP) is 5.66. The van der Waals surface area contributed by atoms with E-state index in [1.165, 1.54) is 35.6 Å². The molecule has 3 aromatic carbocycles. The fourth-order valence-corrected chi connectivity index (χ4v) is 3.95. The number of thiazole rings is 1. The van der Waals surface area contributed by atoms with E-state index >= 15 is 0 Å². The number of halogens is 1. The lowest BCUT2D eigenvalue weighted by atomic mass is 10.1. The van der Waals surface area contributed by atoms with Gasteiger partial charge in [0.05, 0.1) is 20.4 Å². The minimum Gasteiger partial charge on any atom is -0.493 e. The minimum atomic E-state index is -0.404. The standard InChI is InChI=1S/C25H21FN4O3S/c1-32-20-13-8-16(14-21(20)33-2)15-27-30-25-28-22(17-6-4-3-5-7-17)24(34-25)29-23(31)18-9-11-19(26)12-10-18/h3-15H,1-2H3,(H,28,30)(H,29,31)/b27-15+. The fraction of sp³-hybridized carbons (Fsp3) is 0.0800. The normalized spacial score (nSPS) is 10.8. The molecule has 34 heavy (non-hydrogen) atoms. The summed E-state index contributed by atoms with van der Waals surface area (Å²) < 4.78 is 23.8. The Balaban J connectivity index is 1.56. The Hall–Kier alpha value is -4.24. The van der Waals surface area contributed by atoms with Gasteiger partial charge in [0.2, 0.25) is 5.13 Å². The lowest BCUT2D eigenvalue weighted by molar-refractivity contribution is 0.102. The van der Waals surface area contributed by atoms with Gasteiger partial charge in [-0.05, 0) is 48.0 Å². The van der Waals surface area contributed by atoms with Gasteiger partial charge in [0, 0.05) is 11.1 Å². The van der Waals surface area contributed by atoms with Gasteiger partial charge in [-0.2, -0.15) is 5.10 Å². The molecule has 172 valence electrons. The summed E-state index contributed by atoms with van der Waals surface area (Å²) in [6, 6.07) is 20.3. The van der Waals surface area contributed by atoms with E-state index in [-0.39, 0.29) is 5.91 Å². The summed E-state index contributed by atoms with van der Waals surface area (Å²) in [5.74, 6) is 0.457.